The van der Waals surface area contributed by atoms with Gasteiger partial charge >= 0.3 is 0 Å². The van der Waals surface area contributed by atoms with E-state index in [0.29, 0.717) is 28.2 Å². The molecule has 0 saturated heterocycles. The van der Waals surface area contributed by atoms with Crippen LogP contribution in [0.5, 0.6) is 5.75 Å². The van der Waals surface area contributed by atoms with Crippen molar-refractivity contribution in [2.75, 3.05) is 0 Å². The number of fused-ring (bicyclic) bond motifs is 2. The minimum atomic E-state index is -0.600. The molecule has 0 spiro atoms. The number of aliphatic imine (C=N–C) groups is 2. The molecule has 4 aromatic rings. The van der Waals surface area contributed by atoms with Gasteiger partial charge < -0.3 is 10.8 Å². The van der Waals surface area contributed by atoms with Crippen LogP contribution in [0.4, 0.5) is 4.39 Å². The van der Waals surface area contributed by atoms with Gasteiger partial charge in [-0.1, -0.05) is 24.3 Å². The van der Waals surface area contributed by atoms with Crippen molar-refractivity contribution < 1.29 is 9.50 Å². The molecule has 0 bridgehead atoms. The Bertz CT molecular complexity index is 1740. The highest BCUT2D eigenvalue weighted by Gasteiger charge is 2.42. The fraction of sp³-hybridized carbons (Fsp3) is 0.179. The first-order valence-corrected chi connectivity index (χ1v) is 12.1. The van der Waals surface area contributed by atoms with Gasteiger partial charge in [-0.2, -0.15) is 5.10 Å². The first kappa shape index (κ1) is 23.5. The fourth-order valence-corrected chi connectivity index (χ4v) is 5.18. The second kappa shape index (κ2) is 8.91. The Morgan fingerprint density at radius 3 is 2.68 bits per heavy atom. The molecule has 3 N–H and O–H groups in total. The van der Waals surface area contributed by atoms with Crippen molar-refractivity contribution in [3.8, 4) is 11.6 Å². The highest BCUT2D eigenvalue weighted by atomic mass is 19.1. The van der Waals surface area contributed by atoms with Crippen LogP contribution < -0.4 is 11.3 Å². The molecule has 6 rings (SSSR count). The Kier molecular flexibility index (Phi) is 5.52. The second-order valence-corrected chi connectivity index (χ2v) is 9.45. The summed E-state index contributed by atoms with van der Waals surface area (Å²) in [6, 6.07) is 15.2. The molecule has 0 aliphatic carbocycles. The molecule has 9 nitrogen and oxygen atoms in total. The molecule has 0 radical (unpaired) electrons. The first-order valence-electron chi connectivity index (χ1n) is 12.1. The topological polar surface area (TPSA) is 121 Å². The van der Waals surface area contributed by atoms with Gasteiger partial charge in [0.25, 0.3) is 5.56 Å². The third kappa shape index (κ3) is 3.81. The summed E-state index contributed by atoms with van der Waals surface area (Å²) >= 11 is 0. The molecule has 2 atom stereocenters. The lowest BCUT2D eigenvalue weighted by Crippen LogP contribution is -2.42. The van der Waals surface area contributed by atoms with E-state index in [1.54, 1.807) is 15.8 Å². The van der Waals surface area contributed by atoms with Crippen molar-refractivity contribution in [2.45, 2.75) is 26.6 Å². The number of hydrogen-bond acceptors (Lipinski definition) is 8. The van der Waals surface area contributed by atoms with Gasteiger partial charge in [-0.25, -0.2) is 19.4 Å². The van der Waals surface area contributed by atoms with E-state index in [9.17, 15) is 14.3 Å². The molecule has 2 aromatic heterocycles. The fourth-order valence-electron chi connectivity index (χ4n) is 5.18. The minimum Gasteiger partial charge on any atom is -0.508 e. The Balaban J connectivity index is 1.53. The van der Waals surface area contributed by atoms with Gasteiger partial charge in [0, 0.05) is 23.5 Å². The van der Waals surface area contributed by atoms with E-state index >= 15 is 0 Å². The number of nitrogens with zero attached hydrogens (tertiary/aromatic N) is 6. The van der Waals surface area contributed by atoms with Crippen LogP contribution in [0.15, 0.2) is 80.7 Å². The number of aromatic hydroxyl groups is 1. The number of pyridine rings is 2. The van der Waals surface area contributed by atoms with Crippen LogP contribution in [0.1, 0.15) is 22.4 Å². The predicted octanol–water partition coefficient (Wildman–Crippen LogP) is 3.41. The highest BCUT2D eigenvalue weighted by Crippen LogP contribution is 2.32. The summed E-state index contributed by atoms with van der Waals surface area (Å²) in [4.78, 5) is 27.1. The zero-order valence-electron chi connectivity index (χ0n) is 20.7. The summed E-state index contributed by atoms with van der Waals surface area (Å²) in [6.45, 7) is 4.00. The number of rotatable bonds is 4. The quantitative estimate of drug-likeness (QED) is 0.437. The third-order valence-corrected chi connectivity index (χ3v) is 6.91. The first-order chi connectivity index (χ1) is 18.3. The smallest absolute Gasteiger partial charge is 0.264 e. The van der Waals surface area contributed by atoms with Crippen molar-refractivity contribution in [3.05, 3.63) is 99.3 Å². The number of benzene rings is 2. The molecule has 4 heterocycles. The maximum atomic E-state index is 14.2. The molecule has 0 fully saturated rings. The Hall–Kier alpha value is -4.86. The van der Waals surface area contributed by atoms with Crippen LogP contribution in [0.25, 0.3) is 16.6 Å². The Morgan fingerprint density at radius 2 is 1.89 bits per heavy atom. The molecule has 38 heavy (non-hydrogen) atoms. The van der Waals surface area contributed by atoms with Crippen molar-refractivity contribution in [1.29, 1.82) is 0 Å². The number of hydrazone groups is 1. The van der Waals surface area contributed by atoms with Crippen molar-refractivity contribution in [3.63, 3.8) is 0 Å². The number of hydrogen-bond donors (Lipinski definition) is 2. The minimum absolute atomic E-state index is 0.180. The van der Waals surface area contributed by atoms with Gasteiger partial charge in [-0.3, -0.25) is 14.4 Å². The zero-order valence-corrected chi connectivity index (χ0v) is 20.7. The van der Waals surface area contributed by atoms with Crippen LogP contribution in [0.2, 0.25) is 0 Å². The number of amidine groups is 1. The highest BCUT2D eigenvalue weighted by molar-refractivity contribution is 6.17. The average molecular weight is 510 g/mol. The van der Waals surface area contributed by atoms with E-state index in [1.807, 2.05) is 50.2 Å². The maximum Gasteiger partial charge on any atom is 0.264 e. The molecule has 0 amide bonds. The molecule has 2 aliphatic heterocycles. The van der Waals surface area contributed by atoms with Crippen LogP contribution in [0, 0.1) is 25.6 Å². The van der Waals surface area contributed by atoms with E-state index in [4.69, 9.17) is 10.8 Å². The molecular formula is C28H24FN7O2. The molecule has 0 saturated carbocycles. The van der Waals surface area contributed by atoms with Gasteiger partial charge in [0.2, 0.25) is 0 Å². The summed E-state index contributed by atoms with van der Waals surface area (Å²) in [7, 11) is 0. The summed E-state index contributed by atoms with van der Waals surface area (Å²) < 4.78 is 15.8. The van der Waals surface area contributed by atoms with E-state index < -0.39 is 17.9 Å². The molecule has 10 heteroatoms. The normalized spacial score (nSPS) is 18.4. The van der Waals surface area contributed by atoms with Crippen molar-refractivity contribution in [2.24, 2.45) is 26.7 Å². The van der Waals surface area contributed by atoms with Gasteiger partial charge in [0.15, 0.2) is 6.17 Å². The van der Waals surface area contributed by atoms with Crippen LogP contribution in [-0.4, -0.2) is 43.7 Å². The molecule has 2 aromatic carbocycles. The SMILES string of the molecule is Cc1cccnc1-n1c(CN2N=C(c3cc(O)cc(F)c3)C3C(N)=NC=NC32)cc2cccc(C)c2c1=O. The lowest BCUT2D eigenvalue weighted by atomic mass is 9.93. The summed E-state index contributed by atoms with van der Waals surface area (Å²) in [6.07, 6.45) is 2.47. The van der Waals surface area contributed by atoms with Crippen molar-refractivity contribution in [1.82, 2.24) is 14.6 Å². The third-order valence-electron chi connectivity index (χ3n) is 6.91. The molecule has 2 unspecified atom stereocenters. The summed E-state index contributed by atoms with van der Waals surface area (Å²) in [5.41, 5.74) is 9.26. The predicted molar refractivity (Wildman–Crippen MR) is 144 cm³/mol. The van der Waals surface area contributed by atoms with Gasteiger partial charge in [0.1, 0.15) is 35.5 Å². The van der Waals surface area contributed by atoms with Crippen molar-refractivity contribution >= 4 is 28.7 Å². The standard InChI is InChI=1S/C28H24FN7O2/c1-15-5-3-7-17-10-20(36(28(38)22(15)17)26-16(2)6-4-8-31-26)13-35-27-23(25(30)32-14-33-27)24(34-35)18-9-19(29)12-21(37)11-18/h3-12,14,23,27,37H,13H2,1-2H3,(H2,30,32,33). The number of nitrogens with two attached hydrogens (primary N) is 1. The Labute approximate surface area is 217 Å². The van der Waals surface area contributed by atoms with E-state index in [0.717, 1.165) is 22.6 Å². The number of aryl methyl sites for hydroxylation is 2. The van der Waals surface area contributed by atoms with E-state index in [-0.39, 0.29) is 23.7 Å². The van der Waals surface area contributed by atoms with Crippen LogP contribution in [0.3, 0.4) is 0 Å². The molecule has 2 aliphatic rings. The lowest BCUT2D eigenvalue weighted by Gasteiger charge is -2.27. The molecular weight excluding hydrogens is 485 g/mol. The Morgan fingerprint density at radius 1 is 1.08 bits per heavy atom. The van der Waals surface area contributed by atoms with Crippen LogP contribution >= 0.6 is 0 Å². The van der Waals surface area contributed by atoms with Gasteiger partial charge in [-0.05, 0) is 54.6 Å². The number of aromatic nitrogens is 2. The van der Waals surface area contributed by atoms with E-state index in [2.05, 4.69) is 15.0 Å². The number of halogens is 1. The van der Waals surface area contributed by atoms with Gasteiger partial charge in [0.05, 0.1) is 17.6 Å². The zero-order chi connectivity index (χ0) is 26.6. The average Bonchev–Trinajstić information content (AvgIpc) is 3.24. The lowest BCUT2D eigenvalue weighted by molar-refractivity contribution is 0.210. The van der Waals surface area contributed by atoms with Gasteiger partial charge in [-0.15, -0.1) is 0 Å². The summed E-state index contributed by atoms with van der Waals surface area (Å²) in [5, 5.41) is 17.9. The summed E-state index contributed by atoms with van der Waals surface area (Å²) in [5.74, 6) is -0.572. The monoisotopic (exact) mass is 509 g/mol. The largest absolute Gasteiger partial charge is 0.508 e. The molecule has 190 valence electrons. The number of phenolic OH excluding ortho intramolecular Hbond substituents is 1. The maximum absolute atomic E-state index is 14.2. The van der Waals surface area contributed by atoms with Crippen LogP contribution in [-0.2, 0) is 6.54 Å². The second-order valence-electron chi connectivity index (χ2n) is 9.45. The number of phenols is 1. The van der Waals surface area contributed by atoms with E-state index in [1.165, 1.54) is 18.5 Å².